The maximum absolute atomic E-state index is 10.3. The molecule has 0 aliphatic carbocycles. The van der Waals surface area contributed by atoms with Gasteiger partial charge in [-0.2, -0.15) is 0 Å². The molecular weight excluding hydrogens is 446 g/mol. The van der Waals surface area contributed by atoms with E-state index in [2.05, 4.69) is 51.0 Å². The summed E-state index contributed by atoms with van der Waals surface area (Å²) in [6.07, 6.45) is 2.79. The zero-order valence-electron chi connectivity index (χ0n) is 21.3. The van der Waals surface area contributed by atoms with Crippen LogP contribution in [0.2, 0.25) is 0 Å². The SMILES string of the molecule is CC(C)(C)CC(C)(C)CC=O.COc1cccc(-c2nc(N3CCOCC3)c3sccc3n2)c1. The van der Waals surface area contributed by atoms with E-state index in [0.717, 1.165) is 72.2 Å². The molecule has 1 fully saturated rings. The number of fused-ring (bicyclic) bond motifs is 1. The first-order valence-corrected chi connectivity index (χ1v) is 12.7. The van der Waals surface area contributed by atoms with Crippen LogP contribution in [0.3, 0.4) is 0 Å². The summed E-state index contributed by atoms with van der Waals surface area (Å²) in [4.78, 5) is 22.2. The zero-order valence-corrected chi connectivity index (χ0v) is 22.1. The normalized spacial score (nSPS) is 14.5. The number of nitrogens with zero attached hydrogens (tertiary/aromatic N) is 3. The van der Waals surface area contributed by atoms with Gasteiger partial charge in [-0.15, -0.1) is 11.3 Å². The van der Waals surface area contributed by atoms with Crippen molar-refractivity contribution in [3.05, 3.63) is 35.7 Å². The predicted octanol–water partition coefficient (Wildman–Crippen LogP) is 6.24. The first kappa shape index (κ1) is 26.1. The van der Waals surface area contributed by atoms with Crippen LogP contribution < -0.4 is 9.64 Å². The van der Waals surface area contributed by atoms with Crippen molar-refractivity contribution in [2.75, 3.05) is 38.3 Å². The second kappa shape index (κ2) is 11.3. The van der Waals surface area contributed by atoms with Crippen LogP contribution in [-0.2, 0) is 9.53 Å². The molecule has 3 aromatic rings. The summed E-state index contributed by atoms with van der Waals surface area (Å²) < 4.78 is 11.9. The minimum Gasteiger partial charge on any atom is -0.497 e. The molecule has 4 rings (SSSR count). The van der Waals surface area contributed by atoms with Gasteiger partial charge in [-0.25, -0.2) is 9.97 Å². The zero-order chi connectivity index (χ0) is 24.8. The van der Waals surface area contributed by atoms with Crippen molar-refractivity contribution < 1.29 is 14.3 Å². The summed E-state index contributed by atoms with van der Waals surface area (Å²) in [6, 6.07) is 9.92. The molecule has 0 saturated carbocycles. The van der Waals surface area contributed by atoms with Crippen LogP contribution in [0.4, 0.5) is 5.82 Å². The number of anilines is 1. The fourth-order valence-corrected chi connectivity index (χ4v) is 5.31. The fraction of sp³-hybridized carbons (Fsp3) is 0.519. The Morgan fingerprint density at radius 3 is 2.50 bits per heavy atom. The van der Waals surface area contributed by atoms with Crippen molar-refractivity contribution in [3.8, 4) is 17.1 Å². The Morgan fingerprint density at radius 1 is 1.12 bits per heavy atom. The van der Waals surface area contributed by atoms with Gasteiger partial charge in [-0.05, 0) is 40.8 Å². The Kier molecular flexibility index (Phi) is 8.66. The van der Waals surface area contributed by atoms with Crippen molar-refractivity contribution in [1.29, 1.82) is 0 Å². The summed E-state index contributed by atoms with van der Waals surface area (Å²) in [5.41, 5.74) is 2.45. The lowest BCUT2D eigenvalue weighted by Gasteiger charge is -2.30. The van der Waals surface area contributed by atoms with Gasteiger partial charge in [0.25, 0.3) is 0 Å². The van der Waals surface area contributed by atoms with E-state index >= 15 is 0 Å². The van der Waals surface area contributed by atoms with E-state index in [4.69, 9.17) is 19.4 Å². The van der Waals surface area contributed by atoms with Crippen LogP contribution in [0, 0.1) is 10.8 Å². The van der Waals surface area contributed by atoms with Crippen LogP contribution in [0.1, 0.15) is 47.5 Å². The third kappa shape index (κ3) is 7.24. The molecule has 0 radical (unpaired) electrons. The van der Waals surface area contributed by atoms with Gasteiger partial charge in [0.1, 0.15) is 12.0 Å². The Hall–Kier alpha value is -2.51. The van der Waals surface area contributed by atoms with Gasteiger partial charge in [-0.1, -0.05) is 46.8 Å². The first-order chi connectivity index (χ1) is 16.1. The number of carbonyl (C=O) groups excluding carboxylic acids is 1. The third-order valence-corrected chi connectivity index (χ3v) is 6.47. The standard InChI is InChI=1S/C17H17N3O2S.C10H20O/c1-21-13-4-2-3-12(11-13)16-18-14-5-10-23-15(14)17(19-16)20-6-8-22-9-7-20;1-9(2,3)8-10(4,5)6-7-11/h2-5,10-11H,6-9H2,1H3;7H,6,8H2,1-5H3. The number of hydrogen-bond acceptors (Lipinski definition) is 7. The molecule has 34 heavy (non-hydrogen) atoms. The van der Waals surface area contributed by atoms with Crippen LogP contribution >= 0.6 is 11.3 Å². The third-order valence-electron chi connectivity index (χ3n) is 5.57. The van der Waals surface area contributed by atoms with Crippen LogP contribution in [0.15, 0.2) is 35.7 Å². The Morgan fingerprint density at radius 2 is 1.85 bits per heavy atom. The fourth-order valence-electron chi connectivity index (χ4n) is 4.46. The smallest absolute Gasteiger partial charge is 0.162 e. The number of rotatable bonds is 6. The molecule has 0 amide bonds. The second-order valence-corrected chi connectivity index (χ2v) is 11.5. The number of ether oxygens (including phenoxy) is 2. The topological polar surface area (TPSA) is 64.5 Å². The molecule has 0 N–H and O–H groups in total. The number of aldehydes is 1. The second-order valence-electron chi connectivity index (χ2n) is 10.6. The Bertz CT molecular complexity index is 1080. The van der Waals surface area contributed by atoms with E-state index in [1.54, 1.807) is 18.4 Å². The minimum absolute atomic E-state index is 0.167. The predicted molar refractivity (Wildman–Crippen MR) is 141 cm³/mol. The maximum Gasteiger partial charge on any atom is 0.162 e. The number of carbonyl (C=O) groups is 1. The van der Waals surface area contributed by atoms with Gasteiger partial charge in [0.2, 0.25) is 0 Å². The molecule has 184 valence electrons. The average molecular weight is 484 g/mol. The molecule has 0 spiro atoms. The number of morpholine rings is 1. The highest BCUT2D eigenvalue weighted by atomic mass is 32.1. The molecule has 7 heteroatoms. The van der Waals surface area contributed by atoms with Gasteiger partial charge in [0, 0.05) is 25.1 Å². The lowest BCUT2D eigenvalue weighted by molar-refractivity contribution is -0.109. The molecule has 0 bridgehead atoms. The van der Waals surface area contributed by atoms with Crippen LogP contribution in [0.25, 0.3) is 21.6 Å². The number of aromatic nitrogens is 2. The van der Waals surface area contributed by atoms with E-state index in [1.165, 1.54) is 0 Å². The Labute approximate surface area is 207 Å². The summed E-state index contributed by atoms with van der Waals surface area (Å²) >= 11 is 1.69. The Balaban J connectivity index is 0.000000252. The summed E-state index contributed by atoms with van der Waals surface area (Å²) in [5.74, 6) is 2.55. The molecule has 2 aromatic heterocycles. The highest BCUT2D eigenvalue weighted by Crippen LogP contribution is 2.35. The van der Waals surface area contributed by atoms with Gasteiger partial charge in [0.15, 0.2) is 11.6 Å². The number of hydrogen-bond donors (Lipinski definition) is 0. The van der Waals surface area contributed by atoms with Gasteiger partial charge in [0.05, 0.1) is 30.5 Å². The average Bonchev–Trinajstić information content (AvgIpc) is 3.26. The summed E-state index contributed by atoms with van der Waals surface area (Å²) in [6.45, 7) is 14.1. The number of benzene rings is 1. The molecule has 0 atom stereocenters. The van der Waals surface area contributed by atoms with E-state index < -0.39 is 0 Å². The summed E-state index contributed by atoms with van der Waals surface area (Å²) in [7, 11) is 1.67. The van der Waals surface area contributed by atoms with Crippen molar-refractivity contribution in [3.63, 3.8) is 0 Å². The van der Waals surface area contributed by atoms with Gasteiger partial charge in [-0.3, -0.25) is 0 Å². The van der Waals surface area contributed by atoms with Crippen LogP contribution in [-0.4, -0.2) is 49.7 Å². The highest BCUT2D eigenvalue weighted by molar-refractivity contribution is 7.17. The molecule has 1 aliphatic heterocycles. The molecular formula is C27H37N3O3S. The molecule has 1 saturated heterocycles. The summed E-state index contributed by atoms with van der Waals surface area (Å²) in [5, 5.41) is 2.07. The first-order valence-electron chi connectivity index (χ1n) is 11.8. The number of thiophene rings is 1. The molecule has 6 nitrogen and oxygen atoms in total. The van der Waals surface area contributed by atoms with Gasteiger partial charge < -0.3 is 19.2 Å². The lowest BCUT2D eigenvalue weighted by atomic mass is 9.75. The highest BCUT2D eigenvalue weighted by Gasteiger charge is 2.24. The quantitative estimate of drug-likeness (QED) is 0.387. The molecule has 1 aliphatic rings. The largest absolute Gasteiger partial charge is 0.497 e. The maximum atomic E-state index is 10.3. The molecule has 1 aromatic carbocycles. The minimum atomic E-state index is 0.167. The van der Waals surface area contributed by atoms with Crippen molar-refractivity contribution >= 4 is 33.7 Å². The van der Waals surface area contributed by atoms with Gasteiger partial charge >= 0.3 is 0 Å². The number of methoxy groups -OCH3 is 1. The monoisotopic (exact) mass is 483 g/mol. The van der Waals surface area contributed by atoms with E-state index in [0.29, 0.717) is 11.8 Å². The lowest BCUT2D eigenvalue weighted by Crippen LogP contribution is -2.36. The van der Waals surface area contributed by atoms with Crippen molar-refractivity contribution in [2.45, 2.75) is 47.5 Å². The van der Waals surface area contributed by atoms with E-state index in [-0.39, 0.29) is 5.41 Å². The van der Waals surface area contributed by atoms with E-state index in [1.807, 2.05) is 24.3 Å². The molecule has 0 unspecified atom stereocenters. The van der Waals surface area contributed by atoms with Crippen LogP contribution in [0.5, 0.6) is 5.75 Å². The van der Waals surface area contributed by atoms with Crippen molar-refractivity contribution in [2.24, 2.45) is 10.8 Å². The molecule has 3 heterocycles. The van der Waals surface area contributed by atoms with E-state index in [9.17, 15) is 4.79 Å². The van der Waals surface area contributed by atoms with Crippen molar-refractivity contribution in [1.82, 2.24) is 9.97 Å².